The molecule has 0 amide bonds. The Balaban J connectivity index is 2.09. The zero-order chi connectivity index (χ0) is 12.7. The highest BCUT2D eigenvalue weighted by molar-refractivity contribution is 4.75. The summed E-state index contributed by atoms with van der Waals surface area (Å²) >= 11 is 0. The van der Waals surface area contributed by atoms with Crippen molar-refractivity contribution < 1.29 is 0 Å². The van der Waals surface area contributed by atoms with Crippen LogP contribution < -0.4 is 5.32 Å². The maximum atomic E-state index is 3.57. The van der Waals surface area contributed by atoms with Gasteiger partial charge in [0.25, 0.3) is 0 Å². The minimum absolute atomic E-state index is 0.689. The SMILES string of the molecule is CCCNC(C)CCCN1CC(C)CC(C)C1. The van der Waals surface area contributed by atoms with Gasteiger partial charge in [-0.3, -0.25) is 0 Å². The fraction of sp³-hybridized carbons (Fsp3) is 1.00. The lowest BCUT2D eigenvalue weighted by Crippen LogP contribution is -2.39. The van der Waals surface area contributed by atoms with Crippen LogP contribution in [0.3, 0.4) is 0 Å². The van der Waals surface area contributed by atoms with Crippen LogP contribution in [0.2, 0.25) is 0 Å². The van der Waals surface area contributed by atoms with Crippen LogP contribution in [0.15, 0.2) is 0 Å². The lowest BCUT2D eigenvalue weighted by molar-refractivity contribution is 0.138. The van der Waals surface area contributed by atoms with Crippen molar-refractivity contribution in [3.63, 3.8) is 0 Å². The molecule has 1 rings (SSSR count). The maximum Gasteiger partial charge on any atom is 0.00391 e. The van der Waals surface area contributed by atoms with Crippen LogP contribution in [0.4, 0.5) is 0 Å². The van der Waals surface area contributed by atoms with Crippen LogP contribution in [-0.4, -0.2) is 37.1 Å². The predicted molar refractivity (Wildman–Crippen MR) is 76.4 cm³/mol. The van der Waals surface area contributed by atoms with Gasteiger partial charge in [0.2, 0.25) is 0 Å². The van der Waals surface area contributed by atoms with Gasteiger partial charge in [-0.15, -0.1) is 0 Å². The Hall–Kier alpha value is -0.0800. The molecule has 0 aromatic carbocycles. The minimum atomic E-state index is 0.689. The first kappa shape index (κ1) is 15.0. The molecule has 3 unspecified atom stereocenters. The highest BCUT2D eigenvalue weighted by atomic mass is 15.1. The van der Waals surface area contributed by atoms with Gasteiger partial charge in [0.1, 0.15) is 0 Å². The summed E-state index contributed by atoms with van der Waals surface area (Å²) in [6, 6.07) is 0.689. The molecule has 0 saturated carbocycles. The van der Waals surface area contributed by atoms with E-state index in [1.54, 1.807) is 0 Å². The minimum Gasteiger partial charge on any atom is -0.314 e. The molecule has 1 aliphatic heterocycles. The first-order chi connectivity index (χ1) is 8.11. The van der Waals surface area contributed by atoms with Crippen molar-refractivity contribution in [1.29, 1.82) is 0 Å². The molecule has 2 heteroatoms. The summed E-state index contributed by atoms with van der Waals surface area (Å²) in [4.78, 5) is 2.67. The molecule has 1 N–H and O–H groups in total. The molecule has 1 heterocycles. The Morgan fingerprint density at radius 1 is 1.24 bits per heavy atom. The van der Waals surface area contributed by atoms with Crippen LogP contribution in [0.1, 0.15) is 53.4 Å². The van der Waals surface area contributed by atoms with Crippen molar-refractivity contribution in [2.24, 2.45) is 11.8 Å². The molecular weight excluding hydrogens is 208 g/mol. The Bertz CT molecular complexity index is 183. The first-order valence-electron chi connectivity index (χ1n) is 7.57. The molecule has 3 atom stereocenters. The highest BCUT2D eigenvalue weighted by Crippen LogP contribution is 2.21. The van der Waals surface area contributed by atoms with E-state index in [1.165, 1.54) is 51.9 Å². The molecule has 0 radical (unpaired) electrons. The summed E-state index contributed by atoms with van der Waals surface area (Å²) in [7, 11) is 0. The van der Waals surface area contributed by atoms with E-state index in [-0.39, 0.29) is 0 Å². The first-order valence-corrected chi connectivity index (χ1v) is 7.57. The normalized spacial score (nSPS) is 28.2. The predicted octanol–water partition coefficient (Wildman–Crippen LogP) is 3.13. The number of likely N-dealkylation sites (tertiary alicyclic amines) is 1. The average molecular weight is 240 g/mol. The quantitative estimate of drug-likeness (QED) is 0.735. The van der Waals surface area contributed by atoms with Crippen molar-refractivity contribution >= 4 is 0 Å². The Labute approximate surface area is 108 Å². The summed E-state index contributed by atoms with van der Waals surface area (Å²) in [5.74, 6) is 1.80. The molecule has 0 aromatic rings. The number of rotatable bonds is 7. The van der Waals surface area contributed by atoms with E-state index in [1.807, 2.05) is 0 Å². The zero-order valence-corrected chi connectivity index (χ0v) is 12.3. The summed E-state index contributed by atoms with van der Waals surface area (Å²) in [6.45, 7) is 14.4. The van der Waals surface area contributed by atoms with E-state index >= 15 is 0 Å². The lowest BCUT2D eigenvalue weighted by atomic mass is 9.92. The van der Waals surface area contributed by atoms with Crippen LogP contribution in [-0.2, 0) is 0 Å². The second-order valence-electron chi connectivity index (χ2n) is 6.20. The van der Waals surface area contributed by atoms with Crippen molar-refractivity contribution in [2.75, 3.05) is 26.2 Å². The Kier molecular flexibility index (Phi) is 7.14. The molecule has 2 nitrogen and oxygen atoms in total. The number of piperidine rings is 1. The van der Waals surface area contributed by atoms with Gasteiger partial charge in [-0.2, -0.15) is 0 Å². The van der Waals surface area contributed by atoms with Gasteiger partial charge < -0.3 is 10.2 Å². The van der Waals surface area contributed by atoms with Crippen LogP contribution >= 0.6 is 0 Å². The lowest BCUT2D eigenvalue weighted by Gasteiger charge is -2.35. The number of nitrogens with one attached hydrogen (secondary N) is 1. The molecule has 17 heavy (non-hydrogen) atoms. The van der Waals surface area contributed by atoms with Crippen LogP contribution in [0, 0.1) is 11.8 Å². The summed E-state index contributed by atoms with van der Waals surface area (Å²) in [5, 5.41) is 3.57. The fourth-order valence-electron chi connectivity index (χ4n) is 3.09. The summed E-state index contributed by atoms with van der Waals surface area (Å²) in [6.07, 6.45) is 5.33. The monoisotopic (exact) mass is 240 g/mol. The van der Waals surface area contributed by atoms with Gasteiger partial charge in [-0.1, -0.05) is 20.8 Å². The van der Waals surface area contributed by atoms with E-state index in [0.717, 1.165) is 11.8 Å². The van der Waals surface area contributed by atoms with Gasteiger partial charge in [-0.05, 0) is 57.5 Å². The second-order valence-corrected chi connectivity index (χ2v) is 6.20. The van der Waals surface area contributed by atoms with E-state index in [2.05, 4.69) is 37.9 Å². The molecule has 1 aliphatic rings. The van der Waals surface area contributed by atoms with Crippen LogP contribution in [0.25, 0.3) is 0 Å². The molecule has 0 aliphatic carbocycles. The maximum absolute atomic E-state index is 3.57. The zero-order valence-electron chi connectivity index (χ0n) is 12.3. The van der Waals surface area contributed by atoms with Crippen molar-refractivity contribution in [3.05, 3.63) is 0 Å². The standard InChI is InChI=1S/C15H32N2/c1-5-8-16-15(4)7-6-9-17-11-13(2)10-14(3)12-17/h13-16H,5-12H2,1-4H3. The van der Waals surface area contributed by atoms with Crippen molar-refractivity contribution in [1.82, 2.24) is 10.2 Å². The smallest absolute Gasteiger partial charge is 0.00391 e. The van der Waals surface area contributed by atoms with E-state index in [4.69, 9.17) is 0 Å². The second kappa shape index (κ2) is 8.10. The Morgan fingerprint density at radius 2 is 1.88 bits per heavy atom. The molecule has 0 spiro atoms. The third-order valence-corrected chi connectivity index (χ3v) is 3.80. The van der Waals surface area contributed by atoms with Gasteiger partial charge >= 0.3 is 0 Å². The molecule has 0 bridgehead atoms. The fourth-order valence-corrected chi connectivity index (χ4v) is 3.09. The van der Waals surface area contributed by atoms with Gasteiger partial charge in [-0.25, -0.2) is 0 Å². The topological polar surface area (TPSA) is 15.3 Å². The molecular formula is C15H32N2. The highest BCUT2D eigenvalue weighted by Gasteiger charge is 2.21. The van der Waals surface area contributed by atoms with E-state index < -0.39 is 0 Å². The Morgan fingerprint density at radius 3 is 2.47 bits per heavy atom. The van der Waals surface area contributed by atoms with Crippen LogP contribution in [0.5, 0.6) is 0 Å². The van der Waals surface area contributed by atoms with Gasteiger partial charge in [0.15, 0.2) is 0 Å². The molecule has 1 fully saturated rings. The molecule has 102 valence electrons. The van der Waals surface area contributed by atoms with Gasteiger partial charge in [0, 0.05) is 19.1 Å². The van der Waals surface area contributed by atoms with Crippen molar-refractivity contribution in [2.45, 2.75) is 59.4 Å². The largest absolute Gasteiger partial charge is 0.314 e. The molecule has 1 saturated heterocycles. The third kappa shape index (κ3) is 6.42. The average Bonchev–Trinajstić information content (AvgIpc) is 2.25. The van der Waals surface area contributed by atoms with E-state index in [0.29, 0.717) is 6.04 Å². The summed E-state index contributed by atoms with van der Waals surface area (Å²) < 4.78 is 0. The number of hydrogen-bond acceptors (Lipinski definition) is 2. The van der Waals surface area contributed by atoms with Gasteiger partial charge in [0.05, 0.1) is 0 Å². The number of hydrogen-bond donors (Lipinski definition) is 1. The number of nitrogens with zero attached hydrogens (tertiary/aromatic N) is 1. The third-order valence-electron chi connectivity index (χ3n) is 3.80. The summed E-state index contributed by atoms with van der Waals surface area (Å²) in [5.41, 5.74) is 0. The van der Waals surface area contributed by atoms with Crippen molar-refractivity contribution in [3.8, 4) is 0 Å². The molecule has 0 aromatic heterocycles. The van der Waals surface area contributed by atoms with E-state index in [9.17, 15) is 0 Å².